The van der Waals surface area contributed by atoms with E-state index in [2.05, 4.69) is 26.1 Å². The van der Waals surface area contributed by atoms with E-state index in [-0.39, 0.29) is 0 Å². The molecule has 1 rings (SSSR count). The third-order valence-electron chi connectivity index (χ3n) is 4.23. The predicted molar refractivity (Wildman–Crippen MR) is 72.7 cm³/mol. The lowest BCUT2D eigenvalue weighted by Crippen LogP contribution is -2.29. The Balaban J connectivity index is 2.11. The van der Waals surface area contributed by atoms with Crippen LogP contribution in [-0.2, 0) is 0 Å². The van der Waals surface area contributed by atoms with E-state index in [0.717, 1.165) is 17.9 Å². The molecule has 0 aromatic rings. The van der Waals surface area contributed by atoms with Crippen molar-refractivity contribution in [1.82, 2.24) is 5.32 Å². The average molecular weight is 225 g/mol. The summed E-state index contributed by atoms with van der Waals surface area (Å²) in [6, 6.07) is 0.777. The van der Waals surface area contributed by atoms with Crippen LogP contribution in [0.25, 0.3) is 0 Å². The van der Waals surface area contributed by atoms with Gasteiger partial charge in [0.1, 0.15) is 0 Å². The molecule has 1 N–H and O–H groups in total. The van der Waals surface area contributed by atoms with Crippen LogP contribution in [-0.4, -0.2) is 12.6 Å². The smallest absolute Gasteiger partial charge is 0.00645 e. The zero-order valence-corrected chi connectivity index (χ0v) is 11.6. The van der Waals surface area contributed by atoms with Crippen molar-refractivity contribution in [2.45, 2.75) is 78.2 Å². The van der Waals surface area contributed by atoms with Crippen molar-refractivity contribution in [3.8, 4) is 0 Å². The molecular weight excluding hydrogens is 194 g/mol. The second kappa shape index (κ2) is 8.11. The Morgan fingerprint density at radius 3 is 2.38 bits per heavy atom. The van der Waals surface area contributed by atoms with Gasteiger partial charge in [-0.1, -0.05) is 46.5 Å². The van der Waals surface area contributed by atoms with E-state index >= 15 is 0 Å². The summed E-state index contributed by atoms with van der Waals surface area (Å²) in [6.07, 6.45) is 11.3. The lowest BCUT2D eigenvalue weighted by molar-refractivity contribution is 0.263. The molecule has 0 aromatic carbocycles. The number of hydrogen-bond acceptors (Lipinski definition) is 1. The largest absolute Gasteiger partial charge is 0.314 e. The van der Waals surface area contributed by atoms with Crippen molar-refractivity contribution in [1.29, 1.82) is 0 Å². The van der Waals surface area contributed by atoms with Gasteiger partial charge in [-0.2, -0.15) is 0 Å². The molecule has 1 nitrogen and oxygen atoms in total. The Labute approximate surface area is 102 Å². The highest BCUT2D eigenvalue weighted by Crippen LogP contribution is 2.31. The third kappa shape index (κ3) is 5.34. The molecule has 0 spiro atoms. The zero-order valence-electron chi connectivity index (χ0n) is 11.6. The predicted octanol–water partition coefficient (Wildman–Crippen LogP) is 4.37. The van der Waals surface area contributed by atoms with E-state index in [9.17, 15) is 0 Å². The van der Waals surface area contributed by atoms with Crippen molar-refractivity contribution in [3.05, 3.63) is 0 Å². The molecule has 16 heavy (non-hydrogen) atoms. The first-order valence-electron chi connectivity index (χ1n) is 7.49. The third-order valence-corrected chi connectivity index (χ3v) is 4.23. The number of hydrogen-bond donors (Lipinski definition) is 1. The summed E-state index contributed by atoms with van der Waals surface area (Å²) in [4.78, 5) is 0. The highest BCUT2D eigenvalue weighted by atomic mass is 14.9. The molecule has 1 aliphatic rings. The minimum absolute atomic E-state index is 0.777. The average Bonchev–Trinajstić information content (AvgIpc) is 2.32. The fraction of sp³-hybridized carbons (Fsp3) is 1.00. The Kier molecular flexibility index (Phi) is 7.11. The van der Waals surface area contributed by atoms with Gasteiger partial charge in [-0.05, 0) is 44.1 Å². The molecule has 1 atom stereocenters. The fourth-order valence-corrected chi connectivity index (χ4v) is 2.85. The number of nitrogens with one attached hydrogen (secondary N) is 1. The van der Waals surface area contributed by atoms with Gasteiger partial charge in [-0.3, -0.25) is 0 Å². The summed E-state index contributed by atoms with van der Waals surface area (Å²) in [7, 11) is 0. The van der Waals surface area contributed by atoms with Gasteiger partial charge in [0, 0.05) is 6.04 Å². The molecule has 1 heteroatoms. The maximum absolute atomic E-state index is 3.67. The number of rotatable bonds is 7. The fourth-order valence-electron chi connectivity index (χ4n) is 2.85. The molecule has 1 unspecified atom stereocenters. The van der Waals surface area contributed by atoms with E-state index in [1.807, 2.05) is 0 Å². The Hall–Kier alpha value is -0.0400. The topological polar surface area (TPSA) is 12.0 Å². The second-order valence-electron chi connectivity index (χ2n) is 5.76. The molecule has 1 aliphatic carbocycles. The second-order valence-corrected chi connectivity index (χ2v) is 5.76. The van der Waals surface area contributed by atoms with Crippen LogP contribution in [0.15, 0.2) is 0 Å². The van der Waals surface area contributed by atoms with Crippen LogP contribution in [0.1, 0.15) is 72.1 Å². The Morgan fingerprint density at radius 1 is 1.12 bits per heavy atom. The molecule has 0 amide bonds. The lowest BCUT2D eigenvalue weighted by atomic mass is 9.80. The van der Waals surface area contributed by atoms with Gasteiger partial charge in [0.05, 0.1) is 0 Å². The van der Waals surface area contributed by atoms with Crippen LogP contribution >= 0.6 is 0 Å². The molecule has 0 aliphatic heterocycles. The summed E-state index contributed by atoms with van der Waals surface area (Å²) < 4.78 is 0. The van der Waals surface area contributed by atoms with Gasteiger partial charge in [0.15, 0.2) is 0 Å². The maximum atomic E-state index is 3.67. The van der Waals surface area contributed by atoms with Crippen LogP contribution in [0.4, 0.5) is 0 Å². The normalized spacial score (nSPS) is 27.9. The van der Waals surface area contributed by atoms with Crippen molar-refractivity contribution < 1.29 is 0 Å². The van der Waals surface area contributed by atoms with Crippen molar-refractivity contribution in [2.75, 3.05) is 6.54 Å². The summed E-state index contributed by atoms with van der Waals surface area (Å²) in [5.74, 6) is 2.03. The van der Waals surface area contributed by atoms with E-state index in [4.69, 9.17) is 0 Å². The summed E-state index contributed by atoms with van der Waals surface area (Å²) in [5, 5.41) is 3.67. The first-order valence-corrected chi connectivity index (χ1v) is 7.49. The lowest BCUT2D eigenvalue weighted by Gasteiger charge is -2.27. The van der Waals surface area contributed by atoms with Gasteiger partial charge >= 0.3 is 0 Å². The first-order chi connectivity index (χ1) is 7.76. The van der Waals surface area contributed by atoms with Gasteiger partial charge in [-0.25, -0.2) is 0 Å². The Morgan fingerprint density at radius 2 is 1.81 bits per heavy atom. The van der Waals surface area contributed by atoms with E-state index in [1.165, 1.54) is 57.9 Å². The minimum atomic E-state index is 0.777. The molecule has 96 valence electrons. The van der Waals surface area contributed by atoms with E-state index in [1.54, 1.807) is 0 Å². The van der Waals surface area contributed by atoms with Crippen molar-refractivity contribution in [2.24, 2.45) is 11.8 Å². The molecule has 1 saturated carbocycles. The molecule has 0 aromatic heterocycles. The maximum Gasteiger partial charge on any atom is 0.00645 e. The summed E-state index contributed by atoms with van der Waals surface area (Å²) in [6.45, 7) is 8.17. The van der Waals surface area contributed by atoms with Crippen LogP contribution in [0.2, 0.25) is 0 Å². The summed E-state index contributed by atoms with van der Waals surface area (Å²) >= 11 is 0. The standard InChI is InChI=1S/C15H31N/c1-4-12-16-15(5-2)11-10-14-8-6-13(3)7-9-14/h13-16H,4-12H2,1-3H3. The van der Waals surface area contributed by atoms with Crippen molar-refractivity contribution >= 4 is 0 Å². The molecule has 1 fully saturated rings. The zero-order chi connectivity index (χ0) is 11.8. The van der Waals surface area contributed by atoms with E-state index < -0.39 is 0 Å². The van der Waals surface area contributed by atoms with Gasteiger partial charge < -0.3 is 5.32 Å². The highest BCUT2D eigenvalue weighted by Gasteiger charge is 2.18. The Bertz CT molecular complexity index is 154. The molecule has 0 bridgehead atoms. The van der Waals surface area contributed by atoms with Crippen LogP contribution in [0, 0.1) is 11.8 Å². The molecule has 0 heterocycles. The van der Waals surface area contributed by atoms with E-state index in [0.29, 0.717) is 0 Å². The molecule has 0 saturated heterocycles. The van der Waals surface area contributed by atoms with Crippen molar-refractivity contribution in [3.63, 3.8) is 0 Å². The van der Waals surface area contributed by atoms with Crippen LogP contribution in [0.5, 0.6) is 0 Å². The van der Waals surface area contributed by atoms with Crippen LogP contribution < -0.4 is 5.32 Å². The quantitative estimate of drug-likeness (QED) is 0.678. The van der Waals surface area contributed by atoms with Gasteiger partial charge in [0.2, 0.25) is 0 Å². The highest BCUT2D eigenvalue weighted by molar-refractivity contribution is 4.73. The minimum Gasteiger partial charge on any atom is -0.314 e. The molecular formula is C15H31N. The summed E-state index contributed by atoms with van der Waals surface area (Å²) in [5.41, 5.74) is 0. The molecule has 0 radical (unpaired) electrons. The van der Waals surface area contributed by atoms with Crippen LogP contribution in [0.3, 0.4) is 0 Å². The SMILES string of the molecule is CCCNC(CC)CCC1CCC(C)CC1. The van der Waals surface area contributed by atoms with Gasteiger partial charge in [-0.15, -0.1) is 0 Å². The monoisotopic (exact) mass is 225 g/mol. The first kappa shape index (κ1) is 14.0. The van der Waals surface area contributed by atoms with Gasteiger partial charge in [0.25, 0.3) is 0 Å².